The molecule has 0 spiro atoms. The van der Waals surface area contributed by atoms with E-state index >= 15 is 0 Å². The Labute approximate surface area is 109 Å². The number of hydrogen-bond donors (Lipinski definition) is 1. The molecule has 3 heteroatoms. The number of hydrogen-bond acceptors (Lipinski definition) is 2. The molecule has 0 atom stereocenters. The number of aryl methyl sites for hydroxylation is 1. The first-order valence-electron chi connectivity index (χ1n) is 6.73. The summed E-state index contributed by atoms with van der Waals surface area (Å²) in [4.78, 5) is 14.2. The van der Waals surface area contributed by atoms with Crippen molar-refractivity contribution in [3.05, 3.63) is 23.8 Å². The van der Waals surface area contributed by atoms with E-state index in [1.165, 1.54) is 5.56 Å². The zero-order chi connectivity index (χ0) is 13.1. The zero-order valence-corrected chi connectivity index (χ0v) is 11.5. The van der Waals surface area contributed by atoms with Crippen LogP contribution in [0.2, 0.25) is 0 Å². The average Bonchev–Trinajstić information content (AvgIpc) is 2.36. The molecule has 0 aromatic heterocycles. The summed E-state index contributed by atoms with van der Waals surface area (Å²) in [7, 11) is 1.92. The van der Waals surface area contributed by atoms with Gasteiger partial charge in [-0.2, -0.15) is 0 Å². The van der Waals surface area contributed by atoms with Crippen molar-refractivity contribution < 1.29 is 4.79 Å². The van der Waals surface area contributed by atoms with Crippen LogP contribution in [0.5, 0.6) is 0 Å². The lowest BCUT2D eigenvalue weighted by Gasteiger charge is -2.30. The van der Waals surface area contributed by atoms with Crippen molar-refractivity contribution in [2.24, 2.45) is 5.92 Å². The number of fused-ring (bicyclic) bond motifs is 1. The molecule has 1 aliphatic rings. The quantitative estimate of drug-likeness (QED) is 0.889. The maximum Gasteiger partial charge on any atom is 0.227 e. The van der Waals surface area contributed by atoms with Crippen LogP contribution in [-0.4, -0.2) is 19.5 Å². The highest BCUT2D eigenvalue weighted by Crippen LogP contribution is 2.30. The number of rotatable bonds is 3. The Morgan fingerprint density at radius 2 is 2.22 bits per heavy atom. The maximum atomic E-state index is 12.2. The van der Waals surface area contributed by atoms with E-state index in [1.54, 1.807) is 0 Å². The Morgan fingerprint density at radius 1 is 1.44 bits per heavy atom. The summed E-state index contributed by atoms with van der Waals surface area (Å²) in [5, 5.41) is 3.15. The number of amides is 1. The molecule has 18 heavy (non-hydrogen) atoms. The summed E-state index contributed by atoms with van der Waals surface area (Å²) < 4.78 is 0. The van der Waals surface area contributed by atoms with Crippen molar-refractivity contribution in [3.63, 3.8) is 0 Å². The summed E-state index contributed by atoms with van der Waals surface area (Å²) in [6.07, 6.45) is 2.76. The molecule has 1 aromatic carbocycles. The molecule has 0 bridgehead atoms. The molecule has 1 N–H and O–H groups in total. The van der Waals surface area contributed by atoms with Gasteiger partial charge in [0, 0.05) is 31.4 Å². The van der Waals surface area contributed by atoms with Crippen LogP contribution in [0.4, 0.5) is 11.4 Å². The zero-order valence-electron chi connectivity index (χ0n) is 11.5. The minimum Gasteiger partial charge on any atom is -0.388 e. The van der Waals surface area contributed by atoms with E-state index < -0.39 is 0 Å². The molecule has 1 amide bonds. The van der Waals surface area contributed by atoms with E-state index in [2.05, 4.69) is 31.3 Å². The van der Waals surface area contributed by atoms with Crippen LogP contribution in [-0.2, 0) is 11.2 Å². The van der Waals surface area contributed by atoms with Crippen LogP contribution in [0, 0.1) is 5.92 Å². The van der Waals surface area contributed by atoms with Crippen LogP contribution < -0.4 is 10.2 Å². The Balaban J connectivity index is 2.25. The van der Waals surface area contributed by atoms with Crippen molar-refractivity contribution in [2.45, 2.75) is 33.1 Å². The molecule has 2 rings (SSSR count). The first-order chi connectivity index (χ1) is 8.61. The number of carbonyl (C=O) groups excluding carboxylic acids is 1. The van der Waals surface area contributed by atoms with Gasteiger partial charge in [-0.05, 0) is 42.5 Å². The second-order valence-electron chi connectivity index (χ2n) is 5.34. The maximum absolute atomic E-state index is 12.2. The Bertz CT molecular complexity index is 440. The SMILES string of the molecule is CNc1ccc2c(c1)CCCN2C(=O)CC(C)C. The molecule has 3 nitrogen and oxygen atoms in total. The Morgan fingerprint density at radius 3 is 2.89 bits per heavy atom. The van der Waals surface area contributed by atoms with Crippen LogP contribution in [0.15, 0.2) is 18.2 Å². The van der Waals surface area contributed by atoms with Crippen LogP contribution in [0.1, 0.15) is 32.3 Å². The van der Waals surface area contributed by atoms with Crippen LogP contribution in [0.3, 0.4) is 0 Å². The van der Waals surface area contributed by atoms with Gasteiger partial charge in [0.25, 0.3) is 0 Å². The largest absolute Gasteiger partial charge is 0.388 e. The lowest BCUT2D eigenvalue weighted by atomic mass is 9.99. The topological polar surface area (TPSA) is 32.3 Å². The summed E-state index contributed by atoms with van der Waals surface area (Å²) in [5.41, 5.74) is 3.50. The summed E-state index contributed by atoms with van der Waals surface area (Å²) in [6, 6.07) is 6.27. The van der Waals surface area contributed by atoms with Crippen molar-refractivity contribution in [2.75, 3.05) is 23.8 Å². The number of anilines is 2. The van der Waals surface area contributed by atoms with Gasteiger partial charge in [0.05, 0.1) is 0 Å². The summed E-state index contributed by atoms with van der Waals surface area (Å²) in [5.74, 6) is 0.669. The van der Waals surface area contributed by atoms with Gasteiger partial charge in [0.1, 0.15) is 0 Å². The first kappa shape index (κ1) is 12.9. The smallest absolute Gasteiger partial charge is 0.227 e. The number of nitrogens with one attached hydrogen (secondary N) is 1. The van der Waals surface area contributed by atoms with Gasteiger partial charge in [-0.25, -0.2) is 0 Å². The molecule has 0 aliphatic carbocycles. The van der Waals surface area contributed by atoms with E-state index in [1.807, 2.05) is 18.0 Å². The lowest BCUT2D eigenvalue weighted by molar-refractivity contribution is -0.119. The highest BCUT2D eigenvalue weighted by molar-refractivity contribution is 5.95. The fourth-order valence-electron chi connectivity index (χ4n) is 2.47. The fraction of sp³-hybridized carbons (Fsp3) is 0.533. The third-order valence-electron chi connectivity index (χ3n) is 3.37. The third kappa shape index (κ3) is 2.66. The second-order valence-corrected chi connectivity index (χ2v) is 5.34. The average molecular weight is 246 g/mol. The van der Waals surface area contributed by atoms with Crippen LogP contribution in [0.25, 0.3) is 0 Å². The number of nitrogens with zero attached hydrogens (tertiary/aromatic N) is 1. The molecule has 1 heterocycles. The standard InChI is InChI=1S/C15H22N2O/c1-11(2)9-15(18)17-8-4-5-12-10-13(16-3)6-7-14(12)17/h6-7,10-11,16H,4-5,8-9H2,1-3H3. The molecule has 0 fully saturated rings. The molecule has 0 unspecified atom stereocenters. The van der Waals surface area contributed by atoms with Gasteiger partial charge in [-0.15, -0.1) is 0 Å². The van der Waals surface area contributed by atoms with E-state index in [0.717, 1.165) is 30.8 Å². The van der Waals surface area contributed by atoms with Crippen molar-refractivity contribution in [1.29, 1.82) is 0 Å². The monoisotopic (exact) mass is 246 g/mol. The molecular formula is C15H22N2O. The van der Waals surface area contributed by atoms with Gasteiger partial charge in [-0.1, -0.05) is 13.8 Å². The van der Waals surface area contributed by atoms with Crippen molar-refractivity contribution in [1.82, 2.24) is 0 Å². The van der Waals surface area contributed by atoms with Gasteiger partial charge in [0.15, 0.2) is 0 Å². The Hall–Kier alpha value is -1.51. The summed E-state index contributed by atoms with van der Waals surface area (Å²) in [6.45, 7) is 5.04. The molecule has 98 valence electrons. The van der Waals surface area contributed by atoms with E-state index in [4.69, 9.17) is 0 Å². The van der Waals surface area contributed by atoms with Gasteiger partial charge in [-0.3, -0.25) is 4.79 Å². The van der Waals surface area contributed by atoms with Crippen molar-refractivity contribution >= 4 is 17.3 Å². The van der Waals surface area contributed by atoms with E-state index in [-0.39, 0.29) is 5.91 Å². The predicted molar refractivity (Wildman–Crippen MR) is 76.1 cm³/mol. The van der Waals surface area contributed by atoms with E-state index in [0.29, 0.717) is 12.3 Å². The number of benzene rings is 1. The van der Waals surface area contributed by atoms with Gasteiger partial charge < -0.3 is 10.2 Å². The van der Waals surface area contributed by atoms with Gasteiger partial charge in [0.2, 0.25) is 5.91 Å². The molecule has 0 saturated heterocycles. The summed E-state index contributed by atoms with van der Waals surface area (Å²) >= 11 is 0. The first-order valence-corrected chi connectivity index (χ1v) is 6.73. The van der Waals surface area contributed by atoms with Gasteiger partial charge >= 0.3 is 0 Å². The minimum absolute atomic E-state index is 0.253. The van der Waals surface area contributed by atoms with Crippen LogP contribution >= 0.6 is 0 Å². The third-order valence-corrected chi connectivity index (χ3v) is 3.37. The fourth-order valence-corrected chi connectivity index (χ4v) is 2.47. The number of carbonyl (C=O) groups is 1. The highest BCUT2D eigenvalue weighted by Gasteiger charge is 2.22. The predicted octanol–water partition coefficient (Wildman–Crippen LogP) is 3.05. The Kier molecular flexibility index (Phi) is 3.90. The van der Waals surface area contributed by atoms with Crippen molar-refractivity contribution in [3.8, 4) is 0 Å². The molecule has 0 saturated carbocycles. The highest BCUT2D eigenvalue weighted by atomic mass is 16.2. The lowest BCUT2D eigenvalue weighted by Crippen LogP contribution is -2.36. The molecule has 0 radical (unpaired) electrons. The second kappa shape index (κ2) is 5.42. The molecular weight excluding hydrogens is 224 g/mol. The minimum atomic E-state index is 0.253. The molecule has 1 aliphatic heterocycles. The normalized spacial score (nSPS) is 14.6. The molecule has 1 aromatic rings. The van der Waals surface area contributed by atoms with E-state index in [9.17, 15) is 4.79 Å².